The second-order valence-corrected chi connectivity index (χ2v) is 6.75. The molecule has 1 amide bonds. The SMILES string of the molecule is C[C@@](C#N)(NC(=O)COC(=O)c1ccccc1Nc1ccccc1)C1CC1. The molecule has 0 heterocycles. The first-order chi connectivity index (χ1) is 13.0. The molecule has 0 unspecified atom stereocenters. The van der Waals surface area contributed by atoms with E-state index in [0.717, 1.165) is 18.5 Å². The number of esters is 1. The van der Waals surface area contributed by atoms with Crippen LogP contribution in [0.2, 0.25) is 0 Å². The second kappa shape index (κ2) is 7.92. The minimum Gasteiger partial charge on any atom is -0.452 e. The van der Waals surface area contributed by atoms with Gasteiger partial charge in [0.15, 0.2) is 6.61 Å². The van der Waals surface area contributed by atoms with E-state index >= 15 is 0 Å². The third kappa shape index (κ3) is 4.64. The van der Waals surface area contributed by atoms with Gasteiger partial charge in [-0.15, -0.1) is 0 Å². The molecule has 0 saturated heterocycles. The molecular weight excluding hydrogens is 342 g/mol. The third-order valence-electron chi connectivity index (χ3n) is 4.56. The van der Waals surface area contributed by atoms with Gasteiger partial charge in [-0.1, -0.05) is 30.3 Å². The Balaban J connectivity index is 1.61. The van der Waals surface area contributed by atoms with Gasteiger partial charge in [0.1, 0.15) is 5.54 Å². The largest absolute Gasteiger partial charge is 0.452 e. The Kier molecular flexibility index (Phi) is 5.41. The van der Waals surface area contributed by atoms with Gasteiger partial charge in [-0.3, -0.25) is 4.79 Å². The minimum atomic E-state index is -0.906. The first kappa shape index (κ1) is 18.5. The third-order valence-corrected chi connectivity index (χ3v) is 4.56. The second-order valence-electron chi connectivity index (χ2n) is 6.75. The van der Waals surface area contributed by atoms with Gasteiger partial charge in [-0.25, -0.2) is 4.79 Å². The van der Waals surface area contributed by atoms with E-state index in [1.807, 2.05) is 36.4 Å². The number of ether oxygens (including phenoxy) is 1. The highest BCUT2D eigenvalue weighted by atomic mass is 16.5. The van der Waals surface area contributed by atoms with Crippen LogP contribution < -0.4 is 10.6 Å². The highest BCUT2D eigenvalue weighted by molar-refractivity contribution is 5.97. The predicted molar refractivity (Wildman–Crippen MR) is 101 cm³/mol. The predicted octanol–water partition coefficient (Wildman–Crippen LogP) is 3.40. The molecule has 2 aromatic rings. The van der Waals surface area contributed by atoms with Crippen molar-refractivity contribution >= 4 is 23.3 Å². The van der Waals surface area contributed by atoms with Crippen LogP contribution in [0.5, 0.6) is 0 Å². The van der Waals surface area contributed by atoms with Crippen LogP contribution in [-0.4, -0.2) is 24.0 Å². The first-order valence-electron chi connectivity index (χ1n) is 8.82. The average molecular weight is 363 g/mol. The van der Waals surface area contributed by atoms with Gasteiger partial charge >= 0.3 is 5.97 Å². The quantitative estimate of drug-likeness (QED) is 0.736. The van der Waals surface area contributed by atoms with Crippen molar-refractivity contribution in [1.29, 1.82) is 5.26 Å². The average Bonchev–Trinajstić information content (AvgIpc) is 3.53. The zero-order valence-electron chi connectivity index (χ0n) is 15.1. The monoisotopic (exact) mass is 363 g/mol. The fourth-order valence-electron chi connectivity index (χ4n) is 2.86. The Labute approximate surface area is 158 Å². The Bertz CT molecular complexity index is 872. The molecule has 3 rings (SSSR count). The fraction of sp³-hybridized carbons (Fsp3) is 0.286. The topological polar surface area (TPSA) is 91.2 Å². The summed E-state index contributed by atoms with van der Waals surface area (Å²) in [6, 6.07) is 18.5. The van der Waals surface area contributed by atoms with Crippen molar-refractivity contribution in [2.24, 2.45) is 5.92 Å². The van der Waals surface area contributed by atoms with Crippen LogP contribution in [0.4, 0.5) is 11.4 Å². The summed E-state index contributed by atoms with van der Waals surface area (Å²) in [5, 5.41) is 15.1. The number of para-hydroxylation sites is 2. The zero-order valence-corrected chi connectivity index (χ0v) is 15.1. The highest BCUT2D eigenvalue weighted by Crippen LogP contribution is 2.39. The molecule has 0 spiro atoms. The van der Waals surface area contributed by atoms with Crippen molar-refractivity contribution in [2.45, 2.75) is 25.3 Å². The highest BCUT2D eigenvalue weighted by Gasteiger charge is 2.43. The van der Waals surface area contributed by atoms with Crippen LogP contribution >= 0.6 is 0 Å². The maximum Gasteiger partial charge on any atom is 0.340 e. The molecule has 0 radical (unpaired) electrons. The molecule has 0 aliphatic heterocycles. The lowest BCUT2D eigenvalue weighted by Crippen LogP contribution is -2.48. The summed E-state index contributed by atoms with van der Waals surface area (Å²) >= 11 is 0. The van der Waals surface area contributed by atoms with Gasteiger partial charge < -0.3 is 15.4 Å². The number of anilines is 2. The van der Waals surface area contributed by atoms with Crippen LogP contribution in [0.15, 0.2) is 54.6 Å². The molecule has 1 atom stereocenters. The fourth-order valence-corrected chi connectivity index (χ4v) is 2.86. The van der Waals surface area contributed by atoms with Crippen molar-refractivity contribution in [3.8, 4) is 6.07 Å². The molecule has 27 heavy (non-hydrogen) atoms. The van der Waals surface area contributed by atoms with Gasteiger partial charge in [0, 0.05) is 5.69 Å². The number of carbonyl (C=O) groups excluding carboxylic acids is 2. The summed E-state index contributed by atoms with van der Waals surface area (Å²) in [6.07, 6.45) is 1.84. The molecule has 6 heteroatoms. The smallest absolute Gasteiger partial charge is 0.340 e. The summed E-state index contributed by atoms with van der Waals surface area (Å²) in [5.41, 5.74) is 0.856. The van der Waals surface area contributed by atoms with Crippen LogP contribution in [0.25, 0.3) is 0 Å². The van der Waals surface area contributed by atoms with E-state index in [1.165, 1.54) is 0 Å². The van der Waals surface area contributed by atoms with Gasteiger partial charge in [0.05, 0.1) is 17.3 Å². The van der Waals surface area contributed by atoms with Crippen molar-refractivity contribution in [2.75, 3.05) is 11.9 Å². The summed E-state index contributed by atoms with van der Waals surface area (Å²) < 4.78 is 5.16. The molecular formula is C21H21N3O3. The Morgan fingerprint density at radius 2 is 1.81 bits per heavy atom. The molecule has 1 aliphatic carbocycles. The van der Waals surface area contributed by atoms with Crippen LogP contribution in [0.1, 0.15) is 30.1 Å². The lowest BCUT2D eigenvalue weighted by molar-refractivity contribution is -0.125. The van der Waals surface area contributed by atoms with Crippen LogP contribution in [-0.2, 0) is 9.53 Å². The van der Waals surface area contributed by atoms with Crippen LogP contribution in [0, 0.1) is 17.2 Å². The van der Waals surface area contributed by atoms with E-state index in [0.29, 0.717) is 11.3 Å². The molecule has 1 saturated carbocycles. The Hall–Kier alpha value is -3.33. The lowest BCUT2D eigenvalue weighted by atomic mass is 9.98. The van der Waals surface area contributed by atoms with Crippen molar-refractivity contribution in [3.05, 3.63) is 60.2 Å². The van der Waals surface area contributed by atoms with Gasteiger partial charge in [0.2, 0.25) is 0 Å². The van der Waals surface area contributed by atoms with Crippen LogP contribution in [0.3, 0.4) is 0 Å². The molecule has 2 N–H and O–H groups in total. The van der Waals surface area contributed by atoms with Gasteiger partial charge in [-0.05, 0) is 49.9 Å². The van der Waals surface area contributed by atoms with Gasteiger partial charge in [0.25, 0.3) is 5.91 Å². The number of nitriles is 1. The molecule has 1 fully saturated rings. The normalized spacial score (nSPS) is 15.1. The summed E-state index contributed by atoms with van der Waals surface area (Å²) in [7, 11) is 0. The zero-order chi connectivity index (χ0) is 19.3. The van der Waals surface area contributed by atoms with Crippen molar-refractivity contribution < 1.29 is 14.3 Å². The molecule has 0 aromatic heterocycles. The first-order valence-corrected chi connectivity index (χ1v) is 8.82. The summed E-state index contributed by atoms with van der Waals surface area (Å²) in [4.78, 5) is 24.5. The maximum atomic E-state index is 12.4. The van der Waals surface area contributed by atoms with Crippen molar-refractivity contribution in [3.63, 3.8) is 0 Å². The number of nitrogens with zero attached hydrogens (tertiary/aromatic N) is 1. The standard InChI is InChI=1S/C21H21N3O3/c1-21(14-22,15-11-12-15)24-19(25)13-27-20(26)17-9-5-6-10-18(17)23-16-7-3-2-4-8-16/h2-10,15,23H,11-13H2,1H3,(H,24,25)/t21-/m0/s1. The number of nitrogens with one attached hydrogen (secondary N) is 2. The Morgan fingerprint density at radius 3 is 2.48 bits per heavy atom. The number of benzene rings is 2. The van der Waals surface area contributed by atoms with E-state index in [1.54, 1.807) is 25.1 Å². The van der Waals surface area contributed by atoms with E-state index in [-0.39, 0.29) is 5.92 Å². The number of amides is 1. The number of hydrogen-bond donors (Lipinski definition) is 2. The molecule has 138 valence electrons. The molecule has 0 bridgehead atoms. The summed E-state index contributed by atoms with van der Waals surface area (Å²) in [6.45, 7) is 1.27. The van der Waals surface area contributed by atoms with E-state index in [4.69, 9.17) is 4.74 Å². The molecule has 6 nitrogen and oxygen atoms in total. The van der Waals surface area contributed by atoms with Gasteiger partial charge in [-0.2, -0.15) is 5.26 Å². The van der Waals surface area contributed by atoms with E-state index < -0.39 is 24.0 Å². The maximum absolute atomic E-state index is 12.4. The minimum absolute atomic E-state index is 0.165. The Morgan fingerprint density at radius 1 is 1.15 bits per heavy atom. The molecule has 2 aromatic carbocycles. The van der Waals surface area contributed by atoms with Crippen molar-refractivity contribution in [1.82, 2.24) is 5.32 Å². The lowest BCUT2D eigenvalue weighted by Gasteiger charge is -2.22. The number of carbonyl (C=O) groups is 2. The summed E-state index contributed by atoms with van der Waals surface area (Å²) in [5.74, 6) is -0.917. The van der Waals surface area contributed by atoms with E-state index in [9.17, 15) is 14.9 Å². The number of rotatable bonds is 7. The molecule has 1 aliphatic rings. The van der Waals surface area contributed by atoms with E-state index in [2.05, 4.69) is 16.7 Å². The number of hydrogen-bond acceptors (Lipinski definition) is 5.